The van der Waals surface area contributed by atoms with Crippen molar-refractivity contribution in [1.29, 1.82) is 0 Å². The first-order valence-corrected chi connectivity index (χ1v) is 14.9. The van der Waals surface area contributed by atoms with Crippen molar-refractivity contribution in [3.05, 3.63) is 56.7 Å². The molecule has 3 atom stereocenters. The molecule has 2 bridgehead atoms. The van der Waals surface area contributed by atoms with Gasteiger partial charge in [-0.05, 0) is 60.6 Å². The third-order valence-corrected chi connectivity index (χ3v) is 11.0. The average Bonchev–Trinajstić information content (AvgIpc) is 3.40. The number of thiophene rings is 1. The molecule has 1 aromatic heterocycles. The second kappa shape index (κ2) is 9.51. The molecule has 0 radical (unpaired) electrons. The summed E-state index contributed by atoms with van der Waals surface area (Å²) in [5, 5.41) is 12.4. The Bertz CT molecular complexity index is 1290. The zero-order valence-electron chi connectivity index (χ0n) is 20.7. The van der Waals surface area contributed by atoms with E-state index in [-0.39, 0.29) is 17.1 Å². The lowest BCUT2D eigenvalue weighted by molar-refractivity contribution is -0.152. The van der Waals surface area contributed by atoms with Crippen molar-refractivity contribution in [1.82, 2.24) is 4.90 Å². The summed E-state index contributed by atoms with van der Waals surface area (Å²) in [6, 6.07) is 9.29. The number of halogens is 1. The van der Waals surface area contributed by atoms with Crippen LogP contribution < -0.4 is 0 Å². The van der Waals surface area contributed by atoms with Crippen LogP contribution >= 0.6 is 22.9 Å². The molecule has 0 amide bonds. The minimum atomic E-state index is -4.08. The number of benzene rings is 1. The molecule has 10 heteroatoms. The van der Waals surface area contributed by atoms with E-state index < -0.39 is 32.8 Å². The van der Waals surface area contributed by atoms with E-state index in [1.165, 1.54) is 10.4 Å². The van der Waals surface area contributed by atoms with Crippen LogP contribution in [0, 0.1) is 16.7 Å². The fraction of sp³-hybridized carbons (Fsp3) is 0.538. The molecule has 0 spiro atoms. The summed E-state index contributed by atoms with van der Waals surface area (Å²) in [5.74, 6) is -0.968. The summed E-state index contributed by atoms with van der Waals surface area (Å²) in [6.45, 7) is 7.00. The van der Waals surface area contributed by atoms with Gasteiger partial charge < -0.3 is 5.11 Å². The van der Waals surface area contributed by atoms with Crippen LogP contribution in [-0.2, 0) is 38.2 Å². The molecule has 2 fully saturated rings. The molecule has 36 heavy (non-hydrogen) atoms. The highest BCUT2D eigenvalue weighted by atomic mass is 35.5. The van der Waals surface area contributed by atoms with Crippen LogP contribution in [0.2, 0.25) is 5.02 Å². The van der Waals surface area contributed by atoms with E-state index in [9.17, 15) is 23.1 Å². The first kappa shape index (κ1) is 27.3. The maximum Gasteiger partial charge on any atom is 0.328 e. The van der Waals surface area contributed by atoms with Crippen LogP contribution in [0.15, 0.2) is 35.7 Å². The van der Waals surface area contributed by atoms with Crippen LogP contribution in [0.1, 0.15) is 56.0 Å². The molecule has 3 aliphatic rings. The zero-order valence-corrected chi connectivity index (χ0v) is 23.0. The summed E-state index contributed by atoms with van der Waals surface area (Å²) in [6.07, 6.45) is 2.86. The Hall–Kier alpha value is -1.78. The molecule has 2 saturated carbocycles. The first-order valence-electron chi connectivity index (χ1n) is 12.0. The number of hydrogen-bond acceptors (Lipinski definition) is 6. The topological polar surface area (TPSA) is 112 Å². The van der Waals surface area contributed by atoms with Crippen molar-refractivity contribution >= 4 is 44.8 Å². The molecule has 3 unspecified atom stereocenters. The molecule has 1 aromatic carbocycles. The van der Waals surface area contributed by atoms with Crippen LogP contribution in [-0.4, -0.2) is 47.0 Å². The number of ketones is 1. The lowest BCUT2D eigenvalue weighted by atomic mass is 9.70. The van der Waals surface area contributed by atoms with Crippen LogP contribution in [0.4, 0.5) is 0 Å². The fourth-order valence-corrected chi connectivity index (χ4v) is 8.84. The highest BCUT2D eigenvalue weighted by Gasteiger charge is 2.65. The second-order valence-corrected chi connectivity index (χ2v) is 13.7. The number of nitrogens with zero attached hydrogens (tertiary/aromatic N) is 1. The minimum absolute atomic E-state index is 0.0152. The number of fused-ring (bicyclic) bond motifs is 3. The number of carboxylic acids is 1. The molecular formula is C26H32ClNO6S2. The molecule has 7 nitrogen and oxygen atoms in total. The molecule has 0 saturated heterocycles. The number of hydrogen-bond donors (Lipinski definition) is 2. The van der Waals surface area contributed by atoms with E-state index in [2.05, 4.69) is 11.4 Å². The van der Waals surface area contributed by atoms with Crippen molar-refractivity contribution < 1.29 is 27.7 Å². The second-order valence-electron chi connectivity index (χ2n) is 10.8. The van der Waals surface area contributed by atoms with Crippen molar-refractivity contribution in [3.8, 4) is 0 Å². The number of carbonyl (C=O) groups excluding carboxylic acids is 1. The Balaban J connectivity index is 0.000000179. The standard InChI is InChI=1S/C16H16ClNO2S.C10H16O4S/c1-16(15(19)20,12-4-2-3-5-13(12)17)18-8-6-14-11(10-18)7-9-21-14;1-9(2)7-3-4-10(9,8(11)5-7)6-15(12,13)14/h2-5,7,9H,6,8,10H2,1H3,(H,19,20);7H,3-6H2,1-2H3,(H,12,13,14). The maximum atomic E-state index is 12.0. The molecule has 196 valence electrons. The highest BCUT2D eigenvalue weighted by molar-refractivity contribution is 7.85. The first-order chi connectivity index (χ1) is 16.7. The molecule has 2 heterocycles. The van der Waals surface area contributed by atoms with Gasteiger partial charge in [-0.1, -0.05) is 43.6 Å². The monoisotopic (exact) mass is 553 g/mol. The summed E-state index contributed by atoms with van der Waals surface area (Å²) in [5.41, 5.74) is -0.355. The third-order valence-electron chi connectivity index (χ3n) is 8.82. The Morgan fingerprint density at radius 1 is 1.28 bits per heavy atom. The molecule has 5 rings (SSSR count). The van der Waals surface area contributed by atoms with Gasteiger partial charge in [-0.3, -0.25) is 14.2 Å². The van der Waals surface area contributed by atoms with Gasteiger partial charge in [0.05, 0.1) is 11.2 Å². The predicted octanol–water partition coefficient (Wildman–Crippen LogP) is 5.03. The molecule has 2 aliphatic carbocycles. The zero-order chi connectivity index (χ0) is 26.5. The molecule has 2 N–H and O–H groups in total. The molecule has 2 aromatic rings. The fourth-order valence-electron chi connectivity index (χ4n) is 6.33. The minimum Gasteiger partial charge on any atom is -0.480 e. The Morgan fingerprint density at radius 3 is 2.53 bits per heavy atom. The number of carbonyl (C=O) groups is 2. The summed E-state index contributed by atoms with van der Waals surface area (Å²) in [4.78, 5) is 27.3. The van der Waals surface area contributed by atoms with Crippen LogP contribution in [0.3, 0.4) is 0 Å². The summed E-state index contributed by atoms with van der Waals surface area (Å²) >= 11 is 8.01. The number of rotatable bonds is 5. The van der Waals surface area contributed by atoms with Gasteiger partial charge >= 0.3 is 5.97 Å². The average molecular weight is 554 g/mol. The smallest absolute Gasteiger partial charge is 0.328 e. The third kappa shape index (κ3) is 4.53. The molecular weight excluding hydrogens is 522 g/mol. The van der Waals surface area contributed by atoms with E-state index in [1.54, 1.807) is 30.4 Å². The van der Waals surface area contributed by atoms with E-state index in [1.807, 2.05) is 30.9 Å². The Kier molecular flexibility index (Phi) is 7.20. The predicted molar refractivity (Wildman–Crippen MR) is 140 cm³/mol. The van der Waals surface area contributed by atoms with Gasteiger partial charge in [0, 0.05) is 35.0 Å². The largest absolute Gasteiger partial charge is 0.480 e. The Morgan fingerprint density at radius 2 is 1.97 bits per heavy atom. The van der Waals surface area contributed by atoms with Gasteiger partial charge in [-0.2, -0.15) is 8.42 Å². The summed E-state index contributed by atoms with van der Waals surface area (Å²) < 4.78 is 31.0. The molecule has 1 aliphatic heterocycles. The lowest BCUT2D eigenvalue weighted by Crippen LogP contribution is -2.51. The maximum absolute atomic E-state index is 12.0. The van der Waals surface area contributed by atoms with Crippen molar-refractivity contribution in [3.63, 3.8) is 0 Å². The van der Waals surface area contributed by atoms with Gasteiger partial charge in [-0.15, -0.1) is 11.3 Å². The van der Waals surface area contributed by atoms with Gasteiger partial charge in [0.15, 0.2) is 0 Å². The van der Waals surface area contributed by atoms with Crippen molar-refractivity contribution in [2.75, 3.05) is 12.3 Å². The van der Waals surface area contributed by atoms with E-state index in [0.29, 0.717) is 30.0 Å². The van der Waals surface area contributed by atoms with Crippen LogP contribution in [0.5, 0.6) is 0 Å². The number of aliphatic carboxylic acids is 1. The quantitative estimate of drug-likeness (QED) is 0.499. The van der Waals surface area contributed by atoms with Crippen molar-refractivity contribution in [2.45, 2.75) is 58.5 Å². The highest BCUT2D eigenvalue weighted by Crippen LogP contribution is 2.64. The van der Waals surface area contributed by atoms with Gasteiger partial charge in [0.1, 0.15) is 11.3 Å². The van der Waals surface area contributed by atoms with Gasteiger partial charge in [0.2, 0.25) is 0 Å². The van der Waals surface area contributed by atoms with E-state index in [0.717, 1.165) is 19.4 Å². The lowest BCUT2D eigenvalue weighted by Gasteiger charge is -2.40. The summed E-state index contributed by atoms with van der Waals surface area (Å²) in [7, 11) is -4.08. The van der Waals surface area contributed by atoms with E-state index in [4.69, 9.17) is 16.2 Å². The number of Topliss-reactive ketones (excluding diaryl/α,β-unsaturated/α-hetero) is 1. The van der Waals surface area contributed by atoms with E-state index >= 15 is 0 Å². The van der Waals surface area contributed by atoms with Gasteiger partial charge in [0.25, 0.3) is 10.1 Å². The van der Waals surface area contributed by atoms with Crippen LogP contribution in [0.25, 0.3) is 0 Å². The van der Waals surface area contributed by atoms with Crippen molar-refractivity contribution in [2.24, 2.45) is 16.7 Å². The SMILES string of the molecule is CC(C(=O)O)(c1ccccc1Cl)N1CCc2sccc2C1.CC1(C)C2CCC1(CS(=O)(=O)O)C(=O)C2. The van der Waals surface area contributed by atoms with Gasteiger partial charge in [-0.25, -0.2) is 4.79 Å². The Labute approximate surface area is 221 Å². The normalized spacial score (nSPS) is 26.6. The number of carboxylic acid groups (broad SMARTS) is 1.